The largest absolute Gasteiger partial charge is 0.451 e. The van der Waals surface area contributed by atoms with Crippen molar-refractivity contribution in [3.63, 3.8) is 0 Å². The molecule has 0 amide bonds. The maximum atomic E-state index is 13.7. The second-order valence-corrected chi connectivity index (χ2v) is 4.72. The molecule has 0 radical (unpaired) electrons. The third kappa shape index (κ3) is 3.27. The van der Waals surface area contributed by atoms with Gasteiger partial charge in [0.1, 0.15) is 11.6 Å². The van der Waals surface area contributed by atoms with Crippen LogP contribution in [0.1, 0.15) is 5.56 Å². The van der Waals surface area contributed by atoms with E-state index in [-0.39, 0.29) is 12.3 Å². The smallest absolute Gasteiger partial charge is 0.198 e. The molecule has 0 saturated heterocycles. The molecule has 0 aliphatic carbocycles. The van der Waals surface area contributed by atoms with E-state index in [0.717, 1.165) is 18.2 Å². The van der Waals surface area contributed by atoms with Crippen molar-refractivity contribution < 1.29 is 17.9 Å². The van der Waals surface area contributed by atoms with E-state index in [0.29, 0.717) is 10.0 Å². The third-order valence-electron chi connectivity index (χ3n) is 2.35. The average molecular weight is 332 g/mol. The van der Waals surface area contributed by atoms with Gasteiger partial charge in [0.05, 0.1) is 0 Å². The Balaban J connectivity index is 2.38. The van der Waals surface area contributed by atoms with Crippen molar-refractivity contribution >= 4 is 15.9 Å². The molecule has 0 aliphatic rings. The zero-order valence-corrected chi connectivity index (χ0v) is 11.2. The SMILES string of the molecule is NCc1cc(F)c(Oc2cc(F)cc(Br)c2)c(F)c1. The fourth-order valence-corrected chi connectivity index (χ4v) is 1.98. The zero-order valence-electron chi connectivity index (χ0n) is 9.59. The summed E-state index contributed by atoms with van der Waals surface area (Å²) < 4.78 is 45.9. The van der Waals surface area contributed by atoms with Crippen LogP contribution in [-0.4, -0.2) is 0 Å². The summed E-state index contributed by atoms with van der Waals surface area (Å²) in [5, 5.41) is 0. The van der Waals surface area contributed by atoms with Crippen molar-refractivity contribution in [2.45, 2.75) is 6.54 Å². The second kappa shape index (κ2) is 5.63. The first-order valence-electron chi connectivity index (χ1n) is 5.31. The maximum Gasteiger partial charge on any atom is 0.198 e. The van der Waals surface area contributed by atoms with Gasteiger partial charge in [-0.1, -0.05) is 15.9 Å². The van der Waals surface area contributed by atoms with Gasteiger partial charge in [0.25, 0.3) is 0 Å². The average Bonchev–Trinajstić information content (AvgIpc) is 2.32. The summed E-state index contributed by atoms with van der Waals surface area (Å²) in [5.41, 5.74) is 5.61. The van der Waals surface area contributed by atoms with Gasteiger partial charge in [0, 0.05) is 17.1 Å². The molecule has 0 atom stereocenters. The minimum atomic E-state index is -0.888. The van der Waals surface area contributed by atoms with E-state index in [9.17, 15) is 13.2 Å². The van der Waals surface area contributed by atoms with Gasteiger partial charge in [-0.15, -0.1) is 0 Å². The molecule has 0 spiro atoms. The minimum Gasteiger partial charge on any atom is -0.451 e. The highest BCUT2D eigenvalue weighted by molar-refractivity contribution is 9.10. The lowest BCUT2D eigenvalue weighted by molar-refractivity contribution is 0.404. The van der Waals surface area contributed by atoms with Crippen LogP contribution in [0.3, 0.4) is 0 Å². The number of rotatable bonds is 3. The van der Waals surface area contributed by atoms with Gasteiger partial charge < -0.3 is 10.5 Å². The highest BCUT2D eigenvalue weighted by atomic mass is 79.9. The Morgan fingerprint density at radius 2 is 1.63 bits per heavy atom. The fourth-order valence-electron chi connectivity index (χ4n) is 1.53. The summed E-state index contributed by atoms with van der Waals surface area (Å²) in [5.74, 6) is -2.95. The van der Waals surface area contributed by atoms with Crippen LogP contribution in [0.5, 0.6) is 11.5 Å². The zero-order chi connectivity index (χ0) is 14.0. The van der Waals surface area contributed by atoms with Crippen molar-refractivity contribution in [2.24, 2.45) is 5.73 Å². The number of benzene rings is 2. The summed E-state index contributed by atoms with van der Waals surface area (Å²) in [4.78, 5) is 0. The number of halogens is 4. The minimum absolute atomic E-state index is 0.00910. The number of ether oxygens (including phenoxy) is 1. The number of hydrogen-bond donors (Lipinski definition) is 1. The standard InChI is InChI=1S/C13H9BrF3NO/c14-8-3-9(15)5-10(4-8)19-13-11(16)1-7(6-18)2-12(13)17/h1-5H,6,18H2. The van der Waals surface area contributed by atoms with E-state index in [1.54, 1.807) is 0 Å². The molecule has 0 fully saturated rings. The van der Waals surface area contributed by atoms with Crippen molar-refractivity contribution in [1.29, 1.82) is 0 Å². The van der Waals surface area contributed by atoms with Crippen LogP contribution < -0.4 is 10.5 Å². The Bertz CT molecular complexity index is 576. The monoisotopic (exact) mass is 331 g/mol. The van der Waals surface area contributed by atoms with Gasteiger partial charge in [-0.2, -0.15) is 0 Å². The lowest BCUT2D eigenvalue weighted by Crippen LogP contribution is -2.00. The molecule has 2 aromatic rings. The molecule has 0 saturated carbocycles. The van der Waals surface area contributed by atoms with Gasteiger partial charge in [-0.3, -0.25) is 0 Å². The van der Waals surface area contributed by atoms with E-state index in [1.165, 1.54) is 12.1 Å². The molecule has 0 unspecified atom stereocenters. The molecule has 2 aromatic carbocycles. The predicted octanol–water partition coefficient (Wildman–Crippen LogP) is 4.12. The summed E-state index contributed by atoms with van der Waals surface area (Å²) in [6, 6.07) is 5.79. The lowest BCUT2D eigenvalue weighted by Gasteiger charge is -2.09. The molecule has 0 heterocycles. The van der Waals surface area contributed by atoms with Gasteiger partial charge in [-0.05, 0) is 29.8 Å². The van der Waals surface area contributed by atoms with Crippen LogP contribution in [0.2, 0.25) is 0 Å². The van der Waals surface area contributed by atoms with Crippen LogP contribution in [0.25, 0.3) is 0 Å². The first-order chi connectivity index (χ1) is 8.99. The van der Waals surface area contributed by atoms with Crippen molar-refractivity contribution in [3.8, 4) is 11.5 Å². The van der Waals surface area contributed by atoms with Crippen LogP contribution in [0.4, 0.5) is 13.2 Å². The first kappa shape index (κ1) is 13.9. The van der Waals surface area contributed by atoms with Crippen molar-refractivity contribution in [2.75, 3.05) is 0 Å². The number of hydrogen-bond acceptors (Lipinski definition) is 2. The van der Waals surface area contributed by atoms with Gasteiger partial charge in [0.15, 0.2) is 17.4 Å². The van der Waals surface area contributed by atoms with E-state index >= 15 is 0 Å². The van der Waals surface area contributed by atoms with Gasteiger partial charge in [-0.25, -0.2) is 13.2 Å². The Morgan fingerprint density at radius 1 is 1.00 bits per heavy atom. The first-order valence-corrected chi connectivity index (χ1v) is 6.11. The van der Waals surface area contributed by atoms with Crippen LogP contribution in [0, 0.1) is 17.5 Å². The van der Waals surface area contributed by atoms with Crippen LogP contribution in [0.15, 0.2) is 34.8 Å². The molecule has 0 bridgehead atoms. The third-order valence-corrected chi connectivity index (χ3v) is 2.81. The molecule has 0 aliphatic heterocycles. The Hall–Kier alpha value is -1.53. The quantitative estimate of drug-likeness (QED) is 0.918. The highest BCUT2D eigenvalue weighted by Gasteiger charge is 2.14. The van der Waals surface area contributed by atoms with E-state index in [2.05, 4.69) is 15.9 Å². The summed E-state index contributed by atoms with van der Waals surface area (Å²) >= 11 is 3.06. The molecular weight excluding hydrogens is 323 g/mol. The molecular formula is C13H9BrF3NO. The highest BCUT2D eigenvalue weighted by Crippen LogP contribution is 2.30. The Morgan fingerprint density at radius 3 is 2.16 bits per heavy atom. The Labute approximate surface area is 116 Å². The van der Waals surface area contributed by atoms with Crippen molar-refractivity contribution in [1.82, 2.24) is 0 Å². The Kier molecular flexibility index (Phi) is 4.11. The topological polar surface area (TPSA) is 35.2 Å². The van der Waals surface area contributed by atoms with Crippen molar-refractivity contribution in [3.05, 3.63) is 57.8 Å². The lowest BCUT2D eigenvalue weighted by atomic mass is 10.2. The molecule has 2 nitrogen and oxygen atoms in total. The molecule has 6 heteroatoms. The van der Waals surface area contributed by atoms with E-state index in [4.69, 9.17) is 10.5 Å². The van der Waals surface area contributed by atoms with Crippen LogP contribution in [-0.2, 0) is 6.54 Å². The normalized spacial score (nSPS) is 10.6. The maximum absolute atomic E-state index is 13.7. The molecule has 19 heavy (non-hydrogen) atoms. The summed E-state index contributed by atoms with van der Waals surface area (Å²) in [6.45, 7) is 0.0135. The van der Waals surface area contributed by atoms with Crippen LogP contribution >= 0.6 is 15.9 Å². The molecule has 100 valence electrons. The predicted molar refractivity (Wildman–Crippen MR) is 68.4 cm³/mol. The van der Waals surface area contributed by atoms with E-state index < -0.39 is 23.2 Å². The van der Waals surface area contributed by atoms with Gasteiger partial charge in [0.2, 0.25) is 0 Å². The summed E-state index contributed by atoms with van der Waals surface area (Å²) in [6.07, 6.45) is 0. The molecule has 0 aromatic heterocycles. The fraction of sp³-hybridized carbons (Fsp3) is 0.0769. The van der Waals surface area contributed by atoms with Gasteiger partial charge >= 0.3 is 0 Å². The second-order valence-electron chi connectivity index (χ2n) is 3.80. The molecule has 2 N–H and O–H groups in total. The summed E-state index contributed by atoms with van der Waals surface area (Å²) in [7, 11) is 0. The van der Waals surface area contributed by atoms with E-state index in [1.807, 2.05) is 0 Å². The molecule has 2 rings (SSSR count). The number of nitrogens with two attached hydrogens (primary N) is 1.